The Balaban J connectivity index is 2.71. The van der Waals surface area contributed by atoms with E-state index >= 15 is 0 Å². The summed E-state index contributed by atoms with van der Waals surface area (Å²) in [6.45, 7) is 0.343. The normalized spacial score (nSPS) is 125. The second-order valence-electron chi connectivity index (χ2n) is 2.49. The minimum atomic E-state index is 0.343. The second kappa shape index (κ2) is 0.204. The van der Waals surface area contributed by atoms with E-state index in [9.17, 15) is 0 Å². The molecule has 0 aromatic heterocycles. The van der Waals surface area contributed by atoms with Crippen molar-refractivity contribution in [2.45, 2.75) is 16.5 Å². The van der Waals surface area contributed by atoms with Gasteiger partial charge in [0.05, 0.1) is 6.95 Å². The van der Waals surface area contributed by atoms with E-state index in [1.807, 2.05) is 0 Å². The molecule has 4 rings (SSSR count). The van der Waals surface area contributed by atoms with E-state index in [-0.39, 0.29) is 0 Å². The Morgan fingerprint density at radius 2 is 1.60 bits per heavy atom. The van der Waals surface area contributed by atoms with E-state index in [1.165, 1.54) is 16.5 Å². The van der Waals surface area contributed by atoms with E-state index < -0.39 is 0 Å². The molecule has 0 aliphatic carbocycles. The van der Waals surface area contributed by atoms with E-state index in [1.54, 1.807) is 0 Å². The van der Waals surface area contributed by atoms with Crippen molar-refractivity contribution in [1.82, 2.24) is 0 Å². The Morgan fingerprint density at radius 1 is 1.40 bits per heavy atom. The molecule has 24 valence electrons. The maximum atomic E-state index is 1.53. The van der Waals surface area contributed by atoms with Crippen LogP contribution in [0.15, 0.2) is 0 Å². The lowest BCUT2D eigenvalue weighted by molar-refractivity contribution is 1.13. The molecule has 4 aliphatic heterocycles. The van der Waals surface area contributed by atoms with Gasteiger partial charge in [-0.3, -0.25) is 0 Å². The zero-order valence-electron chi connectivity index (χ0n) is 2.63. The van der Waals surface area contributed by atoms with Gasteiger partial charge in [-0.25, -0.2) is 0 Å². The van der Waals surface area contributed by atoms with Crippen molar-refractivity contribution in [2.24, 2.45) is 0 Å². The quantitative estimate of drug-likeness (QED) is 0.405. The summed E-state index contributed by atoms with van der Waals surface area (Å²) < 4.78 is 0. The first-order valence-electron chi connectivity index (χ1n) is 2.16. The van der Waals surface area contributed by atoms with Crippen LogP contribution in [-0.2, 0) is 0 Å². The van der Waals surface area contributed by atoms with Crippen molar-refractivity contribution in [3.63, 3.8) is 0 Å². The van der Waals surface area contributed by atoms with Crippen LogP contribution in [-0.4, -0.2) is 16.5 Å². The third-order valence-electron chi connectivity index (χ3n) is 2.59. The number of hydrogen-bond donors (Lipinski definition) is 0. The van der Waals surface area contributed by atoms with Crippen molar-refractivity contribution in [2.75, 3.05) is 0 Å². The van der Waals surface area contributed by atoms with Gasteiger partial charge in [0.1, 0.15) is 7.61 Å². The van der Waals surface area contributed by atoms with Gasteiger partial charge >= 0.3 is 0 Å². The minimum Gasteiger partial charge on any atom is 0.0839 e. The average Bonchev–Trinajstić information content (AvgIpc) is 1.26. The number of fused-ring (bicyclic) bond motifs is 4. The fourth-order valence-corrected chi connectivity index (χ4v) is 19.4. The Bertz CT molecular complexity index is 107. The lowest BCUT2D eigenvalue weighted by Crippen LogP contribution is -2.01. The maximum absolute atomic E-state index is 1.53. The predicted octanol–water partition coefficient (Wildman–Crippen LogP) is 1.48. The van der Waals surface area contributed by atoms with Crippen molar-refractivity contribution < 1.29 is 0 Å². The highest BCUT2D eigenvalue weighted by molar-refractivity contribution is 8.82. The molecule has 1 spiro atoms. The monoisotopic (exact) mass is 101 g/mol. The van der Waals surface area contributed by atoms with Crippen LogP contribution in [0.1, 0.15) is 0 Å². The SMILES string of the molecule is C12C3P4C1[P+]234. The fourth-order valence-electron chi connectivity index (χ4n) is 1.86. The third kappa shape index (κ3) is 0.0368. The van der Waals surface area contributed by atoms with E-state index in [0.717, 1.165) is 7.61 Å². The van der Waals surface area contributed by atoms with Crippen LogP contribution in [0, 0.1) is 0 Å². The molecule has 4 fully saturated rings. The summed E-state index contributed by atoms with van der Waals surface area (Å²) in [5.41, 5.74) is 1.49. The molecule has 0 bridgehead atoms. The molecule has 4 aliphatic rings. The van der Waals surface area contributed by atoms with Gasteiger partial charge in [-0.05, 0) is 0 Å². The first kappa shape index (κ1) is 1.76. The first-order chi connectivity index (χ1) is 2.49. The minimum absolute atomic E-state index is 0.343. The third-order valence-corrected chi connectivity index (χ3v) is 16.4. The average molecular weight is 101 g/mol. The summed E-state index contributed by atoms with van der Waals surface area (Å²) >= 11 is 0. The first-order valence-corrected chi connectivity index (χ1v) is 6.34. The highest BCUT2D eigenvalue weighted by atomic mass is 32.2. The molecule has 5 heavy (non-hydrogen) atoms. The van der Waals surface area contributed by atoms with Crippen LogP contribution in [0.4, 0.5) is 0 Å². The fraction of sp³-hybridized carbons (Fsp3) is 1.00. The Morgan fingerprint density at radius 3 is 1.60 bits per heavy atom. The summed E-state index contributed by atoms with van der Waals surface area (Å²) in [6, 6.07) is 0. The highest BCUT2D eigenvalue weighted by Crippen LogP contribution is 3.59. The van der Waals surface area contributed by atoms with Crippen molar-refractivity contribution >= 4 is 14.6 Å². The zero-order valence-corrected chi connectivity index (χ0v) is 4.42. The smallest absolute Gasteiger partial charge is 0.0839 e. The summed E-state index contributed by atoms with van der Waals surface area (Å²) in [4.78, 5) is 0. The predicted molar refractivity (Wildman–Crippen MR) is 25.2 cm³/mol. The van der Waals surface area contributed by atoms with Gasteiger partial charge < -0.3 is 0 Å². The maximum Gasteiger partial charge on any atom is 0.172 e. The van der Waals surface area contributed by atoms with Gasteiger partial charge in [0, 0.05) is 0 Å². The highest BCUT2D eigenvalue weighted by Gasteiger charge is 3.38. The van der Waals surface area contributed by atoms with E-state index in [4.69, 9.17) is 0 Å². The van der Waals surface area contributed by atoms with Crippen molar-refractivity contribution in [3.05, 3.63) is 0 Å². The van der Waals surface area contributed by atoms with Gasteiger partial charge in [-0.2, -0.15) is 0 Å². The van der Waals surface area contributed by atoms with Crippen molar-refractivity contribution in [1.29, 1.82) is 0 Å². The van der Waals surface area contributed by atoms with Crippen LogP contribution in [0.5, 0.6) is 0 Å². The molecular formula is C3H3P2+. The van der Waals surface area contributed by atoms with Crippen LogP contribution < -0.4 is 0 Å². The Kier molecular flexibility index (Phi) is 0.0718. The zero-order chi connectivity index (χ0) is 2.81. The molecule has 0 aromatic rings. The molecule has 2 heteroatoms. The lowest BCUT2D eigenvalue weighted by atomic mass is 10.5. The molecule has 0 amide bonds. The van der Waals surface area contributed by atoms with Crippen LogP contribution in [0.25, 0.3) is 0 Å². The molecule has 0 radical (unpaired) electrons. The topological polar surface area (TPSA) is 0 Å². The van der Waals surface area contributed by atoms with Crippen LogP contribution in [0.3, 0.4) is 0 Å². The largest absolute Gasteiger partial charge is 0.172 e. The molecule has 2 unspecified atom stereocenters. The molecule has 0 nitrogen and oxygen atoms in total. The molecule has 0 aromatic carbocycles. The summed E-state index contributed by atoms with van der Waals surface area (Å²) in [7, 11) is 0.983. The summed E-state index contributed by atoms with van der Waals surface area (Å²) in [5, 5.41) is 3.06. The summed E-state index contributed by atoms with van der Waals surface area (Å²) in [6.07, 6.45) is 0. The van der Waals surface area contributed by atoms with Gasteiger partial charge in [0.15, 0.2) is 16.5 Å². The van der Waals surface area contributed by atoms with Gasteiger partial charge in [-0.15, -0.1) is 0 Å². The second-order valence-corrected chi connectivity index (χ2v) is 11.9. The molecule has 2 atom stereocenters. The van der Waals surface area contributed by atoms with Gasteiger partial charge in [0.2, 0.25) is 0 Å². The number of hydrogen-bond acceptors (Lipinski definition) is 0. The molecule has 0 N–H and O–H groups in total. The Hall–Kier alpha value is 0.860. The van der Waals surface area contributed by atoms with Crippen LogP contribution >= 0.6 is 14.6 Å². The molecule has 4 heterocycles. The standard InChI is InChI=1S/C3H3P2/c1-2-4-3(1)5(1,2)4/h1-3H/q+1. The van der Waals surface area contributed by atoms with Crippen molar-refractivity contribution in [3.8, 4) is 0 Å². The van der Waals surface area contributed by atoms with E-state index in [2.05, 4.69) is 0 Å². The molecule has 0 saturated carbocycles. The Labute approximate surface area is 31.9 Å². The number of rotatable bonds is 0. The summed E-state index contributed by atoms with van der Waals surface area (Å²) in [5.74, 6) is 0. The molecular weight excluding hydrogens is 98.0 g/mol. The molecule has 4 saturated heterocycles. The van der Waals surface area contributed by atoms with Gasteiger partial charge in [0.25, 0.3) is 0 Å². The lowest BCUT2D eigenvalue weighted by Gasteiger charge is -1.84. The van der Waals surface area contributed by atoms with Crippen LogP contribution in [0.2, 0.25) is 0 Å². The van der Waals surface area contributed by atoms with E-state index in [0.29, 0.717) is 6.95 Å². The van der Waals surface area contributed by atoms with Gasteiger partial charge in [-0.1, -0.05) is 0 Å².